The summed E-state index contributed by atoms with van der Waals surface area (Å²) in [6, 6.07) is 9.40. The van der Waals surface area contributed by atoms with Crippen molar-refractivity contribution in [1.29, 1.82) is 0 Å². The summed E-state index contributed by atoms with van der Waals surface area (Å²) < 4.78 is 0. The third kappa shape index (κ3) is 3.71. The van der Waals surface area contributed by atoms with Crippen LogP contribution < -0.4 is 10.9 Å². The zero-order valence-electron chi connectivity index (χ0n) is 11.6. The fourth-order valence-electron chi connectivity index (χ4n) is 1.75. The first kappa shape index (κ1) is 14.3. The van der Waals surface area contributed by atoms with Crippen LogP contribution >= 0.6 is 11.8 Å². The van der Waals surface area contributed by atoms with E-state index in [-0.39, 0.29) is 5.56 Å². The molecule has 0 aliphatic rings. The van der Waals surface area contributed by atoms with E-state index in [2.05, 4.69) is 20.3 Å². The van der Waals surface area contributed by atoms with Gasteiger partial charge in [-0.1, -0.05) is 12.1 Å². The van der Waals surface area contributed by atoms with Crippen LogP contribution in [0.15, 0.2) is 45.0 Å². The minimum Gasteiger partial charge on any atom is -0.343 e. The Kier molecular flexibility index (Phi) is 4.57. The highest BCUT2D eigenvalue weighted by Gasteiger charge is 2.02. The van der Waals surface area contributed by atoms with Gasteiger partial charge in [0.05, 0.1) is 5.69 Å². The van der Waals surface area contributed by atoms with Crippen molar-refractivity contribution < 1.29 is 0 Å². The van der Waals surface area contributed by atoms with Gasteiger partial charge in [-0.25, -0.2) is 4.98 Å². The number of thioether (sulfide) groups is 1. The molecule has 2 rings (SSSR count). The number of aryl methyl sites for hydroxylation is 1. The highest BCUT2D eigenvalue weighted by atomic mass is 32.2. The molecule has 0 bridgehead atoms. The maximum Gasteiger partial charge on any atom is 0.252 e. The number of hydrogen-bond acceptors (Lipinski definition) is 4. The molecule has 0 unspecified atom stereocenters. The Morgan fingerprint density at radius 2 is 2.15 bits per heavy atom. The molecule has 20 heavy (non-hydrogen) atoms. The molecule has 5 nitrogen and oxygen atoms in total. The summed E-state index contributed by atoms with van der Waals surface area (Å²) in [5, 5.41) is 3.22. The second-order valence-corrected chi connectivity index (χ2v) is 5.08. The summed E-state index contributed by atoms with van der Waals surface area (Å²) >= 11 is 1.66. The van der Waals surface area contributed by atoms with Crippen molar-refractivity contribution in [2.24, 2.45) is 4.99 Å². The zero-order valence-corrected chi connectivity index (χ0v) is 12.4. The number of hydrogen-bond donors (Lipinski definition) is 2. The van der Waals surface area contributed by atoms with Crippen molar-refractivity contribution in [2.45, 2.75) is 18.7 Å². The Labute approximate surface area is 121 Å². The van der Waals surface area contributed by atoms with E-state index in [4.69, 9.17) is 0 Å². The molecule has 0 aliphatic carbocycles. The predicted octanol–water partition coefficient (Wildman–Crippen LogP) is 2.96. The Balaban J connectivity index is 2.25. The van der Waals surface area contributed by atoms with E-state index < -0.39 is 0 Å². The van der Waals surface area contributed by atoms with E-state index in [0.717, 1.165) is 10.6 Å². The summed E-state index contributed by atoms with van der Waals surface area (Å²) in [4.78, 5) is 23.5. The van der Waals surface area contributed by atoms with Gasteiger partial charge in [0.15, 0.2) is 0 Å². The van der Waals surface area contributed by atoms with Crippen molar-refractivity contribution in [3.8, 4) is 0 Å². The first-order chi connectivity index (χ1) is 9.58. The maximum absolute atomic E-state index is 11.4. The normalized spacial score (nSPS) is 11.4. The predicted molar refractivity (Wildman–Crippen MR) is 84.2 cm³/mol. The molecule has 6 heteroatoms. The monoisotopic (exact) mass is 288 g/mol. The highest BCUT2D eigenvalue weighted by molar-refractivity contribution is 7.98. The number of aromatic nitrogens is 2. The molecular weight excluding hydrogens is 272 g/mol. The Hall–Kier alpha value is -2.08. The van der Waals surface area contributed by atoms with Crippen LogP contribution in [0.5, 0.6) is 0 Å². The maximum atomic E-state index is 11.4. The number of nitrogens with one attached hydrogen (secondary N) is 2. The van der Waals surface area contributed by atoms with E-state index in [1.165, 1.54) is 6.07 Å². The lowest BCUT2D eigenvalue weighted by Crippen LogP contribution is -2.10. The van der Waals surface area contributed by atoms with Gasteiger partial charge in [0.2, 0.25) is 5.95 Å². The van der Waals surface area contributed by atoms with Gasteiger partial charge < -0.3 is 5.32 Å². The highest BCUT2D eigenvalue weighted by Crippen LogP contribution is 2.24. The standard InChI is InChI=1S/C14H16N4OS/c1-9-8-13(19)18-14(15-9)17-10(2)16-11-6-4-5-7-12(11)20-3/h4-8H,1-3H3,(H2,15,16,17,18,19). The topological polar surface area (TPSA) is 70.1 Å². The molecule has 0 radical (unpaired) electrons. The molecule has 1 heterocycles. The van der Waals surface area contributed by atoms with Crippen LogP contribution in [0.25, 0.3) is 0 Å². The van der Waals surface area contributed by atoms with E-state index in [1.54, 1.807) is 18.7 Å². The molecule has 0 amide bonds. The number of aliphatic imine (C=N–C) groups is 1. The number of rotatable bonds is 3. The number of amidine groups is 1. The lowest BCUT2D eigenvalue weighted by atomic mass is 10.3. The molecule has 2 aromatic rings. The molecule has 0 spiro atoms. The summed E-state index contributed by atoms with van der Waals surface area (Å²) in [6.07, 6.45) is 2.02. The number of H-pyrrole nitrogens is 1. The first-order valence-corrected chi connectivity index (χ1v) is 7.34. The summed E-state index contributed by atoms with van der Waals surface area (Å²) in [7, 11) is 0. The number of para-hydroxylation sites is 1. The van der Waals surface area contributed by atoms with Gasteiger partial charge in [-0.2, -0.15) is 4.99 Å². The smallest absolute Gasteiger partial charge is 0.252 e. The molecule has 1 aromatic carbocycles. The van der Waals surface area contributed by atoms with Gasteiger partial charge >= 0.3 is 0 Å². The Morgan fingerprint density at radius 3 is 2.85 bits per heavy atom. The van der Waals surface area contributed by atoms with Gasteiger partial charge in [0, 0.05) is 16.7 Å². The molecule has 0 saturated heterocycles. The average molecular weight is 288 g/mol. The van der Waals surface area contributed by atoms with Crippen LogP contribution in [0.4, 0.5) is 11.6 Å². The van der Waals surface area contributed by atoms with E-state index in [0.29, 0.717) is 17.5 Å². The molecule has 0 aliphatic heterocycles. The minimum atomic E-state index is -0.200. The number of aromatic amines is 1. The van der Waals surface area contributed by atoms with E-state index >= 15 is 0 Å². The zero-order chi connectivity index (χ0) is 14.5. The number of benzene rings is 1. The van der Waals surface area contributed by atoms with E-state index in [1.807, 2.05) is 37.4 Å². The summed E-state index contributed by atoms with van der Waals surface area (Å²) in [6.45, 7) is 3.60. The second-order valence-electron chi connectivity index (χ2n) is 4.23. The first-order valence-electron chi connectivity index (χ1n) is 6.12. The van der Waals surface area contributed by atoms with Gasteiger partial charge in [0.25, 0.3) is 5.56 Å². The van der Waals surface area contributed by atoms with Crippen molar-refractivity contribution in [2.75, 3.05) is 11.6 Å². The molecule has 0 fully saturated rings. The molecular formula is C14H16N4OS. The Morgan fingerprint density at radius 1 is 1.40 bits per heavy atom. The van der Waals surface area contributed by atoms with Crippen LogP contribution in [0.1, 0.15) is 12.6 Å². The Bertz CT molecular complexity index is 694. The number of anilines is 1. The van der Waals surface area contributed by atoms with Crippen LogP contribution in [0, 0.1) is 6.92 Å². The van der Waals surface area contributed by atoms with Gasteiger partial charge in [-0.3, -0.25) is 9.78 Å². The lowest BCUT2D eigenvalue weighted by Gasteiger charge is -2.09. The quantitative estimate of drug-likeness (QED) is 0.517. The SMILES string of the molecule is CSc1ccccc1N/C(C)=N/c1nc(C)cc(=O)[nH]1. The molecule has 0 saturated carbocycles. The van der Waals surface area contributed by atoms with Crippen LogP contribution in [0.3, 0.4) is 0 Å². The third-order valence-corrected chi connectivity index (χ3v) is 3.35. The van der Waals surface area contributed by atoms with Crippen LogP contribution in [-0.2, 0) is 0 Å². The van der Waals surface area contributed by atoms with Crippen molar-refractivity contribution >= 4 is 29.2 Å². The summed E-state index contributed by atoms with van der Waals surface area (Å²) in [5.74, 6) is 0.974. The van der Waals surface area contributed by atoms with E-state index in [9.17, 15) is 4.79 Å². The van der Waals surface area contributed by atoms with Crippen molar-refractivity contribution in [3.63, 3.8) is 0 Å². The van der Waals surface area contributed by atoms with Gasteiger partial charge in [-0.15, -0.1) is 11.8 Å². The van der Waals surface area contributed by atoms with Gasteiger partial charge in [0.1, 0.15) is 5.84 Å². The second kappa shape index (κ2) is 6.38. The number of nitrogens with zero attached hydrogens (tertiary/aromatic N) is 2. The molecule has 0 atom stereocenters. The lowest BCUT2D eigenvalue weighted by molar-refractivity contribution is 1.05. The van der Waals surface area contributed by atoms with Crippen LogP contribution in [0.2, 0.25) is 0 Å². The molecule has 2 N–H and O–H groups in total. The fraction of sp³-hybridized carbons (Fsp3) is 0.214. The average Bonchev–Trinajstić information content (AvgIpc) is 2.37. The summed E-state index contributed by atoms with van der Waals surface area (Å²) in [5.41, 5.74) is 1.43. The molecule has 1 aromatic heterocycles. The fourth-order valence-corrected chi connectivity index (χ4v) is 2.30. The van der Waals surface area contributed by atoms with Crippen molar-refractivity contribution in [1.82, 2.24) is 9.97 Å². The largest absolute Gasteiger partial charge is 0.343 e. The molecule has 104 valence electrons. The van der Waals surface area contributed by atoms with Crippen molar-refractivity contribution in [3.05, 3.63) is 46.4 Å². The van der Waals surface area contributed by atoms with Gasteiger partial charge in [-0.05, 0) is 32.2 Å². The minimum absolute atomic E-state index is 0.200. The van der Waals surface area contributed by atoms with Crippen LogP contribution in [-0.4, -0.2) is 22.1 Å². The third-order valence-electron chi connectivity index (χ3n) is 2.55.